The number of hydrogen-bond donors (Lipinski definition) is 4. The molecule has 0 spiro atoms. The van der Waals surface area contributed by atoms with Crippen molar-refractivity contribution >= 4 is 46.8 Å². The quantitative estimate of drug-likeness (QED) is 0.101. The molecule has 0 unspecified atom stereocenters. The molecule has 2 aliphatic carbocycles. The molecule has 6 aromatic carbocycles. The molecule has 2 aliphatic rings. The number of fused-ring (bicyclic) bond motifs is 3. The fourth-order valence-corrected chi connectivity index (χ4v) is 12.3. The van der Waals surface area contributed by atoms with E-state index in [-0.39, 0.29) is 68.8 Å². The van der Waals surface area contributed by atoms with Crippen molar-refractivity contribution in [2.75, 3.05) is 0 Å². The van der Waals surface area contributed by atoms with Crippen molar-refractivity contribution < 1.29 is 24.8 Å². The van der Waals surface area contributed by atoms with E-state index in [0.29, 0.717) is 11.1 Å². The van der Waals surface area contributed by atoms with E-state index in [4.69, 9.17) is 24.4 Å². The highest BCUT2D eigenvalue weighted by atomic mass is 16.3. The molecule has 2 fully saturated rings. The van der Waals surface area contributed by atoms with Gasteiger partial charge in [0.15, 0.2) is 0 Å². The smallest absolute Gasteiger partial charge is 0.143 e. The lowest BCUT2D eigenvalue weighted by Crippen LogP contribution is -2.27. The Morgan fingerprint density at radius 1 is 0.353 bits per heavy atom. The normalized spacial score (nSPS) is 19.0. The summed E-state index contributed by atoms with van der Waals surface area (Å²) in [6.45, 7) is 38.7. The second-order valence-electron chi connectivity index (χ2n) is 30.8. The Morgan fingerprint density at radius 3 is 0.894 bits per heavy atom. The van der Waals surface area contributed by atoms with Crippen molar-refractivity contribution in [1.29, 1.82) is 0 Å². The summed E-state index contributed by atoms with van der Waals surface area (Å²) in [5.74, 6) is 0.970. The van der Waals surface area contributed by atoms with E-state index in [1.807, 2.05) is 37.0 Å². The number of furan rings is 1. The molecule has 0 amide bonds. The van der Waals surface area contributed by atoms with E-state index in [1.165, 1.54) is 0 Å². The Labute approximate surface area is 507 Å². The maximum atomic E-state index is 12.1. The van der Waals surface area contributed by atoms with Crippen LogP contribution < -0.4 is 0 Å². The minimum atomic E-state index is -0.403. The molecule has 4 atom stereocenters. The maximum absolute atomic E-state index is 12.1. The summed E-state index contributed by atoms with van der Waals surface area (Å²) in [6, 6.07) is 28.9. The lowest BCUT2D eigenvalue weighted by Gasteiger charge is -2.28. The fraction of sp³-hybridized carbons (Fsp3) is 0.474. The standard InChI is InChI=1S/C76H96N4O5/c1-71(2,3)51-35-49(67(83)59(39-51)75(13,14)15)43-79-63-31-21-19-29-61(63)77-41-47-33-45(37-57(65(47)81)73(7,8)9)53-25-23-27-55-56-28-24-26-54(70(56)85-69(53)55)46-34-48(66(82)58(38-46)74(10,11)12)42-78-62-30-20-22-32-64(62)80-44-50-36-52(72(4,5)6)40-60(68(50)84)76(16,17)18/h23-28,33-44,61-64,81-84H,19-22,29-32H2,1-18H3/t61-,62+,63-,64+. The largest absolute Gasteiger partial charge is 0.507 e. The van der Waals surface area contributed by atoms with Crippen molar-refractivity contribution in [1.82, 2.24) is 0 Å². The lowest BCUT2D eigenvalue weighted by molar-refractivity contribution is 0.390. The van der Waals surface area contributed by atoms with Crippen LogP contribution >= 0.6 is 0 Å². The molecule has 2 saturated carbocycles. The molecule has 0 aliphatic heterocycles. The highest BCUT2D eigenvalue weighted by Crippen LogP contribution is 2.46. The zero-order valence-electron chi connectivity index (χ0n) is 54.3. The number of aromatic hydroxyl groups is 4. The van der Waals surface area contributed by atoms with E-state index in [0.717, 1.165) is 140 Å². The van der Waals surface area contributed by atoms with Gasteiger partial charge in [-0.25, -0.2) is 0 Å². The molecule has 0 bridgehead atoms. The first-order valence-corrected chi connectivity index (χ1v) is 31.2. The Hall–Kier alpha value is -7.00. The van der Waals surface area contributed by atoms with E-state index in [2.05, 4.69) is 197 Å². The molecular weight excluding hydrogens is 1050 g/mol. The van der Waals surface area contributed by atoms with Gasteiger partial charge < -0.3 is 24.8 Å². The number of aliphatic imine (C=N–C) groups is 4. The molecule has 1 heterocycles. The number of phenolic OH excluding ortho intramolecular Hbond substituents is 4. The van der Waals surface area contributed by atoms with Crippen molar-refractivity contribution in [3.63, 3.8) is 0 Å². The van der Waals surface area contributed by atoms with Gasteiger partial charge in [-0.15, -0.1) is 0 Å². The second kappa shape index (κ2) is 23.4. The van der Waals surface area contributed by atoms with E-state index >= 15 is 0 Å². The van der Waals surface area contributed by atoms with E-state index in [1.54, 1.807) is 0 Å². The zero-order chi connectivity index (χ0) is 61.9. The van der Waals surface area contributed by atoms with Gasteiger partial charge in [-0.2, -0.15) is 0 Å². The van der Waals surface area contributed by atoms with Gasteiger partial charge in [0.1, 0.15) is 34.2 Å². The molecule has 1 aromatic heterocycles. The van der Waals surface area contributed by atoms with Gasteiger partial charge in [-0.1, -0.05) is 199 Å². The number of phenols is 4. The molecule has 450 valence electrons. The van der Waals surface area contributed by atoms with Crippen LogP contribution in [0.5, 0.6) is 23.0 Å². The third-order valence-electron chi connectivity index (χ3n) is 17.7. The number of nitrogens with zero attached hydrogens (tertiary/aromatic N) is 4. The monoisotopic (exact) mass is 1140 g/mol. The SMILES string of the molecule is CC(C)(C)c1cc(C=N[C@H]2CCCC[C@@H]2N=Cc2cc(-c3cccc4c3oc3c(-c5cc(C=N[C@@H]6CCCC[C@H]6N=Cc6cc(C(C)(C)C)cc(C(C)(C)C)c6O)c(O)c(C(C)(C)C)c5)cccc34)cc(C(C)(C)C)c2O)c(O)c(C(C)(C)C)c1. The van der Waals surface area contributed by atoms with Gasteiger partial charge in [-0.3, -0.25) is 20.0 Å². The van der Waals surface area contributed by atoms with Crippen LogP contribution in [0.3, 0.4) is 0 Å². The molecule has 0 saturated heterocycles. The highest BCUT2D eigenvalue weighted by molar-refractivity contribution is 6.13. The summed E-state index contributed by atoms with van der Waals surface area (Å²) in [4.78, 5) is 20.8. The van der Waals surface area contributed by atoms with Gasteiger partial charge in [-0.05, 0) is 117 Å². The third kappa shape index (κ3) is 13.5. The summed E-state index contributed by atoms with van der Waals surface area (Å²) < 4.78 is 7.14. The summed E-state index contributed by atoms with van der Waals surface area (Å²) >= 11 is 0. The first-order valence-electron chi connectivity index (χ1n) is 31.2. The number of hydrogen-bond acceptors (Lipinski definition) is 9. The van der Waals surface area contributed by atoms with Gasteiger partial charge in [0.2, 0.25) is 0 Å². The zero-order valence-corrected chi connectivity index (χ0v) is 54.3. The molecule has 7 aromatic rings. The minimum Gasteiger partial charge on any atom is -0.507 e. The predicted molar refractivity (Wildman–Crippen MR) is 359 cm³/mol. The van der Waals surface area contributed by atoms with Crippen LogP contribution in [-0.2, 0) is 32.5 Å². The van der Waals surface area contributed by atoms with Crippen LogP contribution in [0.1, 0.15) is 232 Å². The van der Waals surface area contributed by atoms with Crippen molar-refractivity contribution in [3.05, 3.63) is 141 Å². The van der Waals surface area contributed by atoms with Gasteiger partial charge >= 0.3 is 0 Å². The summed E-state index contributed by atoms with van der Waals surface area (Å²) in [6.07, 6.45) is 15.1. The molecule has 0 radical (unpaired) electrons. The Kier molecular flexibility index (Phi) is 17.2. The van der Waals surface area contributed by atoms with Gasteiger partial charge in [0, 0.05) is 91.3 Å². The van der Waals surface area contributed by atoms with Crippen molar-refractivity contribution in [2.24, 2.45) is 20.0 Å². The average molecular weight is 1150 g/mol. The van der Waals surface area contributed by atoms with Crippen LogP contribution in [-0.4, -0.2) is 69.5 Å². The summed E-state index contributed by atoms with van der Waals surface area (Å²) in [7, 11) is 0. The number of rotatable bonds is 10. The summed E-state index contributed by atoms with van der Waals surface area (Å²) in [5, 5.41) is 49.4. The first-order chi connectivity index (χ1) is 39.6. The topological polar surface area (TPSA) is 144 Å². The third-order valence-corrected chi connectivity index (χ3v) is 17.7. The van der Waals surface area contributed by atoms with Crippen LogP contribution in [0.15, 0.2) is 109 Å². The Morgan fingerprint density at radius 2 is 0.624 bits per heavy atom. The first kappa shape index (κ1) is 62.5. The molecule has 4 N–H and O–H groups in total. The molecule has 85 heavy (non-hydrogen) atoms. The van der Waals surface area contributed by atoms with Crippen LogP contribution in [0.25, 0.3) is 44.2 Å². The lowest BCUT2D eigenvalue weighted by atomic mass is 9.79. The maximum Gasteiger partial charge on any atom is 0.143 e. The molecule has 9 rings (SSSR count). The van der Waals surface area contributed by atoms with Crippen LogP contribution in [0.4, 0.5) is 0 Å². The predicted octanol–water partition coefficient (Wildman–Crippen LogP) is 19.2. The minimum absolute atomic E-state index is 0.0840. The highest BCUT2D eigenvalue weighted by Gasteiger charge is 2.31. The van der Waals surface area contributed by atoms with Crippen LogP contribution in [0, 0.1) is 0 Å². The van der Waals surface area contributed by atoms with E-state index in [9.17, 15) is 20.4 Å². The van der Waals surface area contributed by atoms with Crippen LogP contribution in [0.2, 0.25) is 0 Å². The average Bonchev–Trinajstić information content (AvgIpc) is 1.73. The molecular formula is C76H96N4O5. The van der Waals surface area contributed by atoms with Gasteiger partial charge in [0.05, 0.1) is 24.2 Å². The van der Waals surface area contributed by atoms with Gasteiger partial charge in [0.25, 0.3) is 0 Å². The van der Waals surface area contributed by atoms with E-state index < -0.39 is 10.8 Å². The molecule has 9 nitrogen and oxygen atoms in total. The van der Waals surface area contributed by atoms with Crippen molar-refractivity contribution in [2.45, 2.75) is 233 Å². The number of benzene rings is 6. The van der Waals surface area contributed by atoms with Crippen molar-refractivity contribution in [3.8, 4) is 45.3 Å². The summed E-state index contributed by atoms with van der Waals surface area (Å²) in [5.41, 5.74) is 12.1. The number of para-hydroxylation sites is 2. The Balaban J connectivity index is 1.07. The molecule has 9 heteroatoms. The Bertz CT molecular complexity index is 3510. The second-order valence-corrected chi connectivity index (χ2v) is 30.8. The fourth-order valence-electron chi connectivity index (χ4n) is 12.3.